The molecule has 0 atom stereocenters. The third-order valence-electron chi connectivity index (χ3n) is 5.57. The van der Waals surface area contributed by atoms with Crippen LogP contribution in [0.25, 0.3) is 22.2 Å². The third-order valence-corrected chi connectivity index (χ3v) is 5.57. The molecule has 0 saturated heterocycles. The van der Waals surface area contributed by atoms with Crippen molar-refractivity contribution in [3.63, 3.8) is 0 Å². The predicted octanol–water partition coefficient (Wildman–Crippen LogP) is 1.61. The number of rotatable bonds is 6. The third kappa shape index (κ3) is 3.50. The number of anilines is 1. The molecule has 8 nitrogen and oxygen atoms in total. The number of fused-ring (bicyclic) bond motifs is 2. The van der Waals surface area contributed by atoms with E-state index in [2.05, 4.69) is 20.2 Å². The number of imidazole rings is 1. The summed E-state index contributed by atoms with van der Waals surface area (Å²) in [6.45, 7) is 2.20. The molecule has 2 amide bonds. The zero-order chi connectivity index (χ0) is 21.4. The van der Waals surface area contributed by atoms with Crippen LogP contribution in [0.1, 0.15) is 26.3 Å². The standard InChI is InChI=1S/C22H26N6O2/c1-27(2)8-9-28(3)17-11-15(19-20(26-12-25-19)18(17)21(23)29)14-5-4-13-6-7-24-22(30)16(13)10-14/h4-5,10-12H,6-9H2,1-3H3,(H2,23,29)(H,24,30)(H,25,26). The molecule has 1 aromatic heterocycles. The lowest BCUT2D eigenvalue weighted by molar-refractivity contribution is 0.0945. The van der Waals surface area contributed by atoms with Crippen LogP contribution >= 0.6 is 0 Å². The minimum absolute atomic E-state index is 0.0616. The van der Waals surface area contributed by atoms with Crippen LogP contribution in [-0.2, 0) is 6.42 Å². The van der Waals surface area contributed by atoms with Crippen molar-refractivity contribution in [3.05, 3.63) is 47.3 Å². The van der Waals surface area contributed by atoms with Crippen LogP contribution in [0.15, 0.2) is 30.6 Å². The summed E-state index contributed by atoms with van der Waals surface area (Å²) in [7, 11) is 5.95. The highest BCUT2D eigenvalue weighted by Gasteiger charge is 2.23. The fourth-order valence-corrected chi connectivity index (χ4v) is 3.91. The van der Waals surface area contributed by atoms with Gasteiger partial charge in [0.1, 0.15) is 0 Å². The van der Waals surface area contributed by atoms with Gasteiger partial charge in [-0.3, -0.25) is 9.59 Å². The number of likely N-dealkylation sites (N-methyl/N-ethyl adjacent to an activating group) is 2. The maximum atomic E-state index is 12.3. The number of nitrogens with two attached hydrogens (primary N) is 1. The zero-order valence-electron chi connectivity index (χ0n) is 17.5. The summed E-state index contributed by atoms with van der Waals surface area (Å²) in [5.74, 6) is -0.569. The number of hydrogen-bond donors (Lipinski definition) is 3. The number of amides is 2. The largest absolute Gasteiger partial charge is 0.373 e. The summed E-state index contributed by atoms with van der Waals surface area (Å²) in [5, 5.41) is 2.90. The topological polar surface area (TPSA) is 107 Å². The first-order chi connectivity index (χ1) is 14.4. The highest BCUT2D eigenvalue weighted by Crippen LogP contribution is 2.36. The Kier molecular flexibility index (Phi) is 5.17. The van der Waals surface area contributed by atoms with Gasteiger partial charge in [0.15, 0.2) is 0 Å². The van der Waals surface area contributed by atoms with Gasteiger partial charge in [0.05, 0.1) is 28.6 Å². The monoisotopic (exact) mass is 406 g/mol. The molecule has 0 saturated carbocycles. The van der Waals surface area contributed by atoms with Gasteiger partial charge in [-0.25, -0.2) is 4.98 Å². The van der Waals surface area contributed by atoms with Gasteiger partial charge in [-0.2, -0.15) is 0 Å². The fraction of sp³-hybridized carbons (Fsp3) is 0.318. The second kappa shape index (κ2) is 7.79. The van der Waals surface area contributed by atoms with Crippen molar-refractivity contribution >= 4 is 28.5 Å². The van der Waals surface area contributed by atoms with E-state index in [1.165, 1.54) is 0 Å². The Morgan fingerprint density at radius 1 is 1.17 bits per heavy atom. The molecule has 0 spiro atoms. The van der Waals surface area contributed by atoms with E-state index in [-0.39, 0.29) is 5.91 Å². The number of carbonyl (C=O) groups excluding carboxylic acids is 2. The lowest BCUT2D eigenvalue weighted by atomic mass is 9.93. The number of aromatic amines is 1. The maximum Gasteiger partial charge on any atom is 0.253 e. The molecule has 0 radical (unpaired) electrons. The second-order valence-corrected chi connectivity index (χ2v) is 7.91. The summed E-state index contributed by atoms with van der Waals surface area (Å²) in [4.78, 5) is 36.3. The van der Waals surface area contributed by atoms with Crippen molar-refractivity contribution < 1.29 is 9.59 Å². The van der Waals surface area contributed by atoms with E-state index in [1.807, 2.05) is 50.3 Å². The van der Waals surface area contributed by atoms with Crippen LogP contribution in [0.2, 0.25) is 0 Å². The van der Waals surface area contributed by atoms with Crippen molar-refractivity contribution in [1.82, 2.24) is 20.2 Å². The van der Waals surface area contributed by atoms with Gasteiger partial charge in [-0.05, 0) is 43.8 Å². The molecule has 3 aromatic rings. The van der Waals surface area contributed by atoms with Gasteiger partial charge in [0.2, 0.25) is 0 Å². The Bertz CT molecular complexity index is 1130. The van der Waals surface area contributed by atoms with Gasteiger partial charge in [0.25, 0.3) is 11.8 Å². The number of carbonyl (C=O) groups is 2. The molecule has 2 aromatic carbocycles. The zero-order valence-corrected chi connectivity index (χ0v) is 17.5. The first kappa shape index (κ1) is 19.9. The minimum Gasteiger partial charge on any atom is -0.373 e. The quantitative estimate of drug-likeness (QED) is 0.577. The SMILES string of the molecule is CN(C)CCN(C)c1cc(-c2ccc3c(c2)C(=O)NCC3)c2nc[nH]c2c1C(N)=O. The molecule has 0 unspecified atom stereocenters. The van der Waals surface area contributed by atoms with E-state index in [4.69, 9.17) is 5.73 Å². The van der Waals surface area contributed by atoms with E-state index in [1.54, 1.807) is 6.33 Å². The number of primary amides is 1. The van der Waals surface area contributed by atoms with E-state index in [9.17, 15) is 9.59 Å². The molecule has 0 aliphatic carbocycles. The normalized spacial score (nSPS) is 13.4. The lowest BCUT2D eigenvalue weighted by Gasteiger charge is -2.25. The molecule has 156 valence electrons. The summed E-state index contributed by atoms with van der Waals surface area (Å²) >= 11 is 0. The summed E-state index contributed by atoms with van der Waals surface area (Å²) in [5.41, 5.74) is 11.6. The van der Waals surface area contributed by atoms with Crippen LogP contribution in [-0.4, -0.2) is 67.5 Å². The van der Waals surface area contributed by atoms with Crippen LogP contribution in [0.3, 0.4) is 0 Å². The summed E-state index contributed by atoms with van der Waals surface area (Å²) in [6.07, 6.45) is 2.38. The van der Waals surface area contributed by atoms with E-state index in [0.717, 1.165) is 41.9 Å². The molecule has 8 heteroatoms. The molecule has 0 bridgehead atoms. The molecule has 4 rings (SSSR count). The molecule has 30 heavy (non-hydrogen) atoms. The van der Waals surface area contributed by atoms with Crippen LogP contribution < -0.4 is 16.0 Å². The predicted molar refractivity (Wildman–Crippen MR) is 118 cm³/mol. The smallest absolute Gasteiger partial charge is 0.253 e. The Hall–Kier alpha value is -3.39. The number of aromatic nitrogens is 2. The van der Waals surface area contributed by atoms with Crippen molar-refractivity contribution in [3.8, 4) is 11.1 Å². The van der Waals surface area contributed by atoms with Crippen molar-refractivity contribution in [2.24, 2.45) is 5.73 Å². The van der Waals surface area contributed by atoms with Crippen molar-refractivity contribution in [1.29, 1.82) is 0 Å². The Morgan fingerprint density at radius 3 is 2.70 bits per heavy atom. The highest BCUT2D eigenvalue weighted by molar-refractivity contribution is 6.13. The van der Waals surface area contributed by atoms with Gasteiger partial charge < -0.3 is 25.8 Å². The average molecular weight is 406 g/mol. The number of H-pyrrole nitrogens is 1. The number of nitrogens with one attached hydrogen (secondary N) is 2. The van der Waals surface area contributed by atoms with Crippen molar-refractivity contribution in [2.75, 3.05) is 45.7 Å². The molecule has 4 N–H and O–H groups in total. The summed E-state index contributed by atoms with van der Waals surface area (Å²) in [6, 6.07) is 7.86. The first-order valence-corrected chi connectivity index (χ1v) is 9.94. The second-order valence-electron chi connectivity index (χ2n) is 7.91. The van der Waals surface area contributed by atoms with Crippen molar-refractivity contribution in [2.45, 2.75) is 6.42 Å². The van der Waals surface area contributed by atoms with Gasteiger partial charge in [0, 0.05) is 37.8 Å². The molecular weight excluding hydrogens is 380 g/mol. The Balaban J connectivity index is 1.90. The molecule has 0 fully saturated rings. The minimum atomic E-state index is -0.507. The molecule has 1 aliphatic rings. The van der Waals surface area contributed by atoms with E-state index in [0.29, 0.717) is 28.7 Å². The van der Waals surface area contributed by atoms with Crippen LogP contribution in [0.4, 0.5) is 5.69 Å². The van der Waals surface area contributed by atoms with Crippen LogP contribution in [0.5, 0.6) is 0 Å². The fourth-order valence-electron chi connectivity index (χ4n) is 3.91. The molecule has 2 heterocycles. The highest BCUT2D eigenvalue weighted by atomic mass is 16.2. The number of nitrogens with zero attached hydrogens (tertiary/aromatic N) is 3. The Labute approximate surface area is 175 Å². The van der Waals surface area contributed by atoms with Crippen LogP contribution in [0, 0.1) is 0 Å². The molecule has 1 aliphatic heterocycles. The van der Waals surface area contributed by atoms with E-state index >= 15 is 0 Å². The van der Waals surface area contributed by atoms with Gasteiger partial charge in [-0.15, -0.1) is 0 Å². The number of hydrogen-bond acceptors (Lipinski definition) is 5. The summed E-state index contributed by atoms with van der Waals surface area (Å²) < 4.78 is 0. The first-order valence-electron chi connectivity index (χ1n) is 9.94. The Morgan fingerprint density at radius 2 is 1.97 bits per heavy atom. The average Bonchev–Trinajstić information content (AvgIpc) is 3.20. The molecular formula is C22H26N6O2. The van der Waals surface area contributed by atoms with Gasteiger partial charge in [-0.1, -0.05) is 12.1 Å². The maximum absolute atomic E-state index is 12.3. The van der Waals surface area contributed by atoms with Gasteiger partial charge >= 0.3 is 0 Å². The number of benzene rings is 2. The van der Waals surface area contributed by atoms with E-state index < -0.39 is 5.91 Å². The lowest BCUT2D eigenvalue weighted by Crippen LogP contribution is -2.31.